The third-order valence-corrected chi connectivity index (χ3v) is 1.30. The lowest BCUT2D eigenvalue weighted by Gasteiger charge is -2.10. The number of carboxylic acids is 1. The van der Waals surface area contributed by atoms with E-state index >= 15 is 0 Å². The third kappa shape index (κ3) is 1.95. The minimum atomic E-state index is -4.77. The molecule has 0 aliphatic carbocycles. The second kappa shape index (κ2) is 3.04. The summed E-state index contributed by atoms with van der Waals surface area (Å²) in [5, 5.41) is 10.2. The average Bonchev–Trinajstić information content (AvgIpc) is 2.03. The van der Waals surface area contributed by atoms with Crippen molar-refractivity contribution in [2.45, 2.75) is 6.18 Å². The van der Waals surface area contributed by atoms with Gasteiger partial charge in [0.05, 0.1) is 5.97 Å². The highest BCUT2D eigenvalue weighted by atomic mass is 19.4. The lowest BCUT2D eigenvalue weighted by molar-refractivity contribution is -0.255. The maximum absolute atomic E-state index is 12.1. The van der Waals surface area contributed by atoms with Gasteiger partial charge in [-0.2, -0.15) is 13.2 Å². The zero-order chi connectivity index (χ0) is 10.1. The van der Waals surface area contributed by atoms with E-state index in [1.165, 1.54) is 0 Å². The Bertz CT molecular complexity index is 335. The Morgan fingerprint density at radius 1 is 1.46 bits per heavy atom. The average molecular weight is 190 g/mol. The van der Waals surface area contributed by atoms with Crippen LogP contribution in [0.25, 0.3) is 0 Å². The molecular formula is C7H3F3NO2-. The summed E-state index contributed by atoms with van der Waals surface area (Å²) >= 11 is 0. The van der Waals surface area contributed by atoms with E-state index in [1.807, 2.05) is 0 Å². The minimum absolute atomic E-state index is 0.797. The molecule has 0 aromatic carbocycles. The first-order valence-electron chi connectivity index (χ1n) is 3.16. The van der Waals surface area contributed by atoms with Crippen molar-refractivity contribution >= 4 is 5.97 Å². The van der Waals surface area contributed by atoms with Gasteiger partial charge in [-0.15, -0.1) is 0 Å². The number of carbonyl (C=O) groups is 1. The van der Waals surface area contributed by atoms with E-state index in [2.05, 4.69) is 4.98 Å². The summed E-state index contributed by atoms with van der Waals surface area (Å²) in [6, 6.07) is 1.89. The van der Waals surface area contributed by atoms with Crippen LogP contribution in [-0.4, -0.2) is 11.0 Å². The molecule has 0 fully saturated rings. The number of alkyl halides is 3. The van der Waals surface area contributed by atoms with Crippen molar-refractivity contribution in [3.05, 3.63) is 29.6 Å². The lowest BCUT2D eigenvalue weighted by atomic mass is 10.2. The number of halogens is 3. The van der Waals surface area contributed by atoms with Crippen molar-refractivity contribution in [1.82, 2.24) is 4.98 Å². The van der Waals surface area contributed by atoms with E-state index in [0.717, 1.165) is 18.3 Å². The molecular weight excluding hydrogens is 187 g/mol. The fraction of sp³-hybridized carbons (Fsp3) is 0.143. The number of hydrogen-bond donors (Lipinski definition) is 0. The summed E-state index contributed by atoms with van der Waals surface area (Å²) in [5.41, 5.74) is -2.38. The number of aromatic nitrogens is 1. The molecule has 0 spiro atoms. The molecule has 13 heavy (non-hydrogen) atoms. The molecule has 0 bridgehead atoms. The Kier molecular flexibility index (Phi) is 2.22. The van der Waals surface area contributed by atoms with Gasteiger partial charge in [0, 0.05) is 11.8 Å². The van der Waals surface area contributed by atoms with Gasteiger partial charge in [-0.3, -0.25) is 4.98 Å². The number of aromatic carboxylic acids is 1. The molecule has 0 aliphatic rings. The molecule has 0 N–H and O–H groups in total. The highest BCUT2D eigenvalue weighted by Gasteiger charge is 2.35. The number of carboxylic acid groups (broad SMARTS) is 1. The Morgan fingerprint density at radius 2 is 2.08 bits per heavy atom. The first-order valence-corrected chi connectivity index (χ1v) is 3.16. The normalized spacial score (nSPS) is 11.3. The summed E-state index contributed by atoms with van der Waals surface area (Å²) < 4.78 is 36.2. The topological polar surface area (TPSA) is 53.0 Å². The molecule has 1 rings (SSSR count). The van der Waals surface area contributed by atoms with Crippen LogP contribution in [0.2, 0.25) is 0 Å². The Labute approximate surface area is 70.8 Å². The first kappa shape index (κ1) is 9.50. The SMILES string of the molecule is O=C([O-])c1cccnc1C(F)(F)F. The number of carbonyl (C=O) groups excluding carboxylic acids is 1. The van der Waals surface area contributed by atoms with Crippen LogP contribution in [-0.2, 0) is 6.18 Å². The number of hydrogen-bond acceptors (Lipinski definition) is 3. The summed E-state index contributed by atoms with van der Waals surface area (Å²) in [7, 11) is 0. The van der Waals surface area contributed by atoms with Crippen molar-refractivity contribution in [3.8, 4) is 0 Å². The lowest BCUT2D eigenvalue weighted by Crippen LogP contribution is -2.26. The number of rotatable bonds is 1. The van der Waals surface area contributed by atoms with Crippen molar-refractivity contribution in [2.75, 3.05) is 0 Å². The van der Waals surface area contributed by atoms with E-state index in [4.69, 9.17) is 0 Å². The molecule has 0 radical (unpaired) electrons. The van der Waals surface area contributed by atoms with Crippen LogP contribution >= 0.6 is 0 Å². The zero-order valence-electron chi connectivity index (χ0n) is 6.13. The van der Waals surface area contributed by atoms with Crippen LogP contribution < -0.4 is 5.11 Å². The van der Waals surface area contributed by atoms with Gasteiger partial charge in [0.15, 0.2) is 5.69 Å². The molecule has 0 amide bonds. The Morgan fingerprint density at radius 3 is 2.46 bits per heavy atom. The molecule has 0 atom stereocenters. The monoisotopic (exact) mass is 190 g/mol. The van der Waals surface area contributed by atoms with Crippen molar-refractivity contribution in [3.63, 3.8) is 0 Å². The van der Waals surface area contributed by atoms with Gasteiger partial charge in [-0.1, -0.05) is 0 Å². The number of nitrogens with zero attached hydrogens (tertiary/aromatic N) is 1. The predicted molar refractivity (Wildman–Crippen MR) is 33.6 cm³/mol. The molecule has 0 saturated heterocycles. The summed E-state index contributed by atoms with van der Waals surface area (Å²) in [6.07, 6.45) is -3.90. The van der Waals surface area contributed by atoms with E-state index in [9.17, 15) is 23.1 Å². The van der Waals surface area contributed by atoms with Crippen LogP contribution in [0.4, 0.5) is 13.2 Å². The smallest absolute Gasteiger partial charge is 0.433 e. The van der Waals surface area contributed by atoms with Crippen LogP contribution in [0.3, 0.4) is 0 Å². The summed E-state index contributed by atoms with van der Waals surface area (Å²) in [5.74, 6) is -1.89. The van der Waals surface area contributed by atoms with Crippen LogP contribution in [0, 0.1) is 0 Å². The summed E-state index contributed by atoms with van der Waals surface area (Å²) in [6.45, 7) is 0. The van der Waals surface area contributed by atoms with Crippen LogP contribution in [0.1, 0.15) is 16.1 Å². The maximum atomic E-state index is 12.1. The van der Waals surface area contributed by atoms with Gasteiger partial charge >= 0.3 is 6.18 Å². The molecule has 1 heterocycles. The molecule has 6 heteroatoms. The standard InChI is InChI=1S/C7H4F3NO2/c8-7(9,10)5-4(6(12)13)2-1-3-11-5/h1-3H,(H,12,13)/p-1. The van der Waals surface area contributed by atoms with Gasteiger partial charge in [-0.25, -0.2) is 0 Å². The fourth-order valence-corrected chi connectivity index (χ4v) is 0.796. The number of pyridine rings is 1. The van der Waals surface area contributed by atoms with Crippen molar-refractivity contribution in [2.24, 2.45) is 0 Å². The molecule has 70 valence electrons. The zero-order valence-corrected chi connectivity index (χ0v) is 6.13. The van der Waals surface area contributed by atoms with Crippen molar-refractivity contribution < 1.29 is 23.1 Å². The minimum Gasteiger partial charge on any atom is -0.545 e. The second-order valence-electron chi connectivity index (χ2n) is 2.18. The second-order valence-corrected chi connectivity index (χ2v) is 2.18. The van der Waals surface area contributed by atoms with Gasteiger partial charge in [0.25, 0.3) is 0 Å². The predicted octanol–water partition coefficient (Wildman–Crippen LogP) is 0.464. The third-order valence-electron chi connectivity index (χ3n) is 1.30. The molecule has 1 aromatic rings. The summed E-state index contributed by atoms with van der Waals surface area (Å²) in [4.78, 5) is 13.1. The van der Waals surface area contributed by atoms with E-state index < -0.39 is 23.4 Å². The van der Waals surface area contributed by atoms with Crippen LogP contribution in [0.15, 0.2) is 18.3 Å². The largest absolute Gasteiger partial charge is 0.545 e. The molecule has 0 saturated carbocycles. The Balaban J connectivity index is 3.28. The molecule has 0 aliphatic heterocycles. The fourth-order valence-electron chi connectivity index (χ4n) is 0.796. The highest BCUT2D eigenvalue weighted by Crippen LogP contribution is 2.29. The highest BCUT2D eigenvalue weighted by molar-refractivity contribution is 5.87. The Hall–Kier alpha value is -1.59. The molecule has 3 nitrogen and oxygen atoms in total. The van der Waals surface area contributed by atoms with Gasteiger partial charge in [0.1, 0.15) is 0 Å². The van der Waals surface area contributed by atoms with Crippen molar-refractivity contribution in [1.29, 1.82) is 0 Å². The maximum Gasteiger partial charge on any atom is 0.433 e. The van der Waals surface area contributed by atoms with E-state index in [1.54, 1.807) is 0 Å². The van der Waals surface area contributed by atoms with E-state index in [-0.39, 0.29) is 0 Å². The quantitative estimate of drug-likeness (QED) is 0.646. The van der Waals surface area contributed by atoms with Gasteiger partial charge in [0.2, 0.25) is 0 Å². The van der Waals surface area contributed by atoms with Gasteiger partial charge < -0.3 is 9.90 Å². The molecule has 1 aromatic heterocycles. The molecule has 0 unspecified atom stereocenters. The first-order chi connectivity index (χ1) is 5.93. The van der Waals surface area contributed by atoms with Gasteiger partial charge in [-0.05, 0) is 12.1 Å². The van der Waals surface area contributed by atoms with Crippen LogP contribution in [0.5, 0.6) is 0 Å². The van der Waals surface area contributed by atoms with E-state index in [0.29, 0.717) is 0 Å².